The summed E-state index contributed by atoms with van der Waals surface area (Å²) < 4.78 is 0. The molecule has 2 amide bonds. The summed E-state index contributed by atoms with van der Waals surface area (Å²) in [6.07, 6.45) is 8.80. The van der Waals surface area contributed by atoms with Crippen molar-refractivity contribution < 1.29 is 14.7 Å². The summed E-state index contributed by atoms with van der Waals surface area (Å²) in [4.78, 5) is 24.8. The van der Waals surface area contributed by atoms with Crippen LogP contribution in [0, 0.1) is 5.92 Å². The van der Waals surface area contributed by atoms with Gasteiger partial charge in [0.15, 0.2) is 0 Å². The van der Waals surface area contributed by atoms with E-state index in [0.717, 1.165) is 0 Å². The van der Waals surface area contributed by atoms with Crippen molar-refractivity contribution in [3.05, 3.63) is 23.8 Å². The second kappa shape index (κ2) is 8.30. The third-order valence-electron chi connectivity index (χ3n) is 5.58. The van der Waals surface area contributed by atoms with Gasteiger partial charge in [-0.25, -0.2) is 0 Å². The quantitative estimate of drug-likeness (QED) is 0.652. The van der Waals surface area contributed by atoms with Crippen molar-refractivity contribution in [1.29, 1.82) is 0 Å². The fourth-order valence-corrected chi connectivity index (χ4v) is 3.92. The Balaban J connectivity index is 1.62. The lowest BCUT2D eigenvalue weighted by Gasteiger charge is -2.34. The molecule has 1 aliphatic heterocycles. The number of carbonyl (C=O) groups is 2. The first-order valence-corrected chi connectivity index (χ1v) is 10.1. The molecule has 1 heterocycles. The molecule has 0 saturated heterocycles. The molecular formula is C21H31N3O3. The van der Waals surface area contributed by atoms with Gasteiger partial charge in [0.05, 0.1) is 17.0 Å². The molecule has 1 aliphatic carbocycles. The minimum Gasteiger partial charge on any atom is -0.388 e. The van der Waals surface area contributed by atoms with E-state index in [1.807, 2.05) is 0 Å². The number of hydrogen-bond acceptors (Lipinski definition) is 4. The molecule has 2 aliphatic rings. The smallest absolute Gasteiger partial charge is 0.251 e. The highest BCUT2D eigenvalue weighted by atomic mass is 16.3. The van der Waals surface area contributed by atoms with Gasteiger partial charge in [-0.05, 0) is 50.8 Å². The molecule has 0 spiro atoms. The Labute approximate surface area is 161 Å². The van der Waals surface area contributed by atoms with E-state index < -0.39 is 11.6 Å². The van der Waals surface area contributed by atoms with E-state index in [0.29, 0.717) is 29.4 Å². The van der Waals surface area contributed by atoms with E-state index in [9.17, 15) is 14.7 Å². The minimum absolute atomic E-state index is 0.112. The van der Waals surface area contributed by atoms with Crippen LogP contribution in [-0.4, -0.2) is 35.1 Å². The Morgan fingerprint density at radius 1 is 1.15 bits per heavy atom. The minimum atomic E-state index is -1.19. The van der Waals surface area contributed by atoms with Crippen molar-refractivity contribution in [3.63, 3.8) is 0 Å². The molecule has 1 aromatic carbocycles. The number of carbonyl (C=O) groups excluding carboxylic acids is 2. The highest BCUT2D eigenvalue weighted by molar-refractivity contribution is 6.05. The van der Waals surface area contributed by atoms with Crippen molar-refractivity contribution in [3.8, 4) is 0 Å². The van der Waals surface area contributed by atoms with Gasteiger partial charge in [-0.3, -0.25) is 9.59 Å². The van der Waals surface area contributed by atoms with Crippen LogP contribution in [0.2, 0.25) is 0 Å². The Morgan fingerprint density at radius 3 is 2.48 bits per heavy atom. The molecule has 1 atom stereocenters. The molecule has 3 rings (SSSR count). The lowest BCUT2D eigenvalue weighted by atomic mass is 9.91. The van der Waals surface area contributed by atoms with Gasteiger partial charge in [-0.1, -0.05) is 32.1 Å². The number of hydrogen-bond donors (Lipinski definition) is 4. The summed E-state index contributed by atoms with van der Waals surface area (Å²) in [5.41, 5.74) is 0.621. The lowest BCUT2D eigenvalue weighted by Crippen LogP contribution is -2.52. The maximum Gasteiger partial charge on any atom is 0.251 e. The van der Waals surface area contributed by atoms with E-state index in [2.05, 4.69) is 16.0 Å². The molecule has 6 nitrogen and oxygen atoms in total. The zero-order valence-corrected chi connectivity index (χ0v) is 16.3. The van der Waals surface area contributed by atoms with Gasteiger partial charge in [-0.2, -0.15) is 0 Å². The molecule has 1 saturated carbocycles. The predicted molar refractivity (Wildman–Crippen MR) is 107 cm³/mol. The molecule has 0 aromatic heterocycles. The SMILES string of the molecule is CC(C)(O)C1Nc2ccc(C(=O)NCC3CCCCCCC3)cc2NC1=O. The summed E-state index contributed by atoms with van der Waals surface area (Å²) in [5, 5.41) is 19.0. The summed E-state index contributed by atoms with van der Waals surface area (Å²) in [5.74, 6) is 0.140. The van der Waals surface area contributed by atoms with Crippen LogP contribution >= 0.6 is 0 Å². The lowest BCUT2D eigenvalue weighted by molar-refractivity contribution is -0.121. The number of amides is 2. The monoisotopic (exact) mass is 373 g/mol. The van der Waals surface area contributed by atoms with Crippen LogP contribution in [0.15, 0.2) is 18.2 Å². The third-order valence-corrected chi connectivity index (χ3v) is 5.58. The molecule has 27 heavy (non-hydrogen) atoms. The molecule has 1 fully saturated rings. The first-order valence-electron chi connectivity index (χ1n) is 10.1. The van der Waals surface area contributed by atoms with Gasteiger partial charge in [0.2, 0.25) is 5.91 Å². The molecule has 4 N–H and O–H groups in total. The van der Waals surface area contributed by atoms with Crippen molar-refractivity contribution in [2.75, 3.05) is 17.2 Å². The average Bonchev–Trinajstić information content (AvgIpc) is 2.58. The number of aliphatic hydroxyl groups is 1. The van der Waals surface area contributed by atoms with E-state index in [4.69, 9.17) is 0 Å². The predicted octanol–water partition coefficient (Wildman–Crippen LogP) is 3.28. The van der Waals surface area contributed by atoms with Crippen molar-refractivity contribution in [2.24, 2.45) is 5.92 Å². The maximum absolute atomic E-state index is 12.5. The molecule has 0 bridgehead atoms. The standard InChI is InChI=1S/C21H31N3O3/c1-21(2,27)18-20(26)24-17-12-15(10-11-16(17)23-18)19(25)22-13-14-8-6-4-3-5-7-9-14/h10-12,14,18,23,27H,3-9,13H2,1-2H3,(H,22,25)(H,24,26). The molecule has 148 valence electrons. The van der Waals surface area contributed by atoms with Gasteiger partial charge in [0.1, 0.15) is 6.04 Å². The fraction of sp³-hybridized carbons (Fsp3) is 0.619. The molecule has 0 radical (unpaired) electrons. The number of benzene rings is 1. The number of rotatable bonds is 4. The van der Waals surface area contributed by atoms with E-state index >= 15 is 0 Å². The molecule has 1 unspecified atom stereocenters. The first-order chi connectivity index (χ1) is 12.8. The molecule has 1 aromatic rings. The van der Waals surface area contributed by atoms with Gasteiger partial charge < -0.3 is 21.1 Å². The van der Waals surface area contributed by atoms with Crippen LogP contribution in [-0.2, 0) is 4.79 Å². The Kier molecular flexibility index (Phi) is 6.05. The molecular weight excluding hydrogens is 342 g/mol. The largest absolute Gasteiger partial charge is 0.388 e. The van der Waals surface area contributed by atoms with E-state index in [1.54, 1.807) is 32.0 Å². The van der Waals surface area contributed by atoms with Gasteiger partial charge >= 0.3 is 0 Å². The van der Waals surface area contributed by atoms with Gasteiger partial charge in [0, 0.05) is 12.1 Å². The second-order valence-electron chi connectivity index (χ2n) is 8.40. The summed E-state index contributed by atoms with van der Waals surface area (Å²) in [6, 6.07) is 4.48. The number of nitrogens with one attached hydrogen (secondary N) is 3. The highest BCUT2D eigenvalue weighted by Gasteiger charge is 2.37. The maximum atomic E-state index is 12.5. The number of anilines is 2. The fourth-order valence-electron chi connectivity index (χ4n) is 3.92. The second-order valence-corrected chi connectivity index (χ2v) is 8.40. The van der Waals surface area contributed by atoms with Gasteiger partial charge in [0.25, 0.3) is 5.91 Å². The first kappa shape index (κ1) is 19.7. The Bertz CT molecular complexity index is 688. The zero-order chi connectivity index (χ0) is 19.4. The van der Waals surface area contributed by atoms with Crippen molar-refractivity contribution >= 4 is 23.2 Å². The number of fused-ring (bicyclic) bond motifs is 1. The summed E-state index contributed by atoms with van der Waals surface area (Å²) >= 11 is 0. The third kappa shape index (κ3) is 5.01. The van der Waals surface area contributed by atoms with Crippen LogP contribution in [0.1, 0.15) is 69.2 Å². The van der Waals surface area contributed by atoms with Crippen LogP contribution < -0.4 is 16.0 Å². The normalized spacial score (nSPS) is 21.3. The molecule has 6 heteroatoms. The Hall–Kier alpha value is -2.08. The van der Waals surface area contributed by atoms with Crippen molar-refractivity contribution in [1.82, 2.24) is 5.32 Å². The van der Waals surface area contributed by atoms with Crippen LogP contribution in [0.5, 0.6) is 0 Å². The van der Waals surface area contributed by atoms with Crippen LogP contribution in [0.4, 0.5) is 11.4 Å². The topological polar surface area (TPSA) is 90.5 Å². The highest BCUT2D eigenvalue weighted by Crippen LogP contribution is 2.30. The average molecular weight is 373 g/mol. The Morgan fingerprint density at radius 2 is 1.81 bits per heavy atom. The summed E-state index contributed by atoms with van der Waals surface area (Å²) in [7, 11) is 0. The van der Waals surface area contributed by atoms with E-state index in [1.165, 1.54) is 44.9 Å². The van der Waals surface area contributed by atoms with Crippen molar-refractivity contribution in [2.45, 2.75) is 70.4 Å². The van der Waals surface area contributed by atoms with E-state index in [-0.39, 0.29) is 11.8 Å². The van der Waals surface area contributed by atoms with Crippen LogP contribution in [0.3, 0.4) is 0 Å². The zero-order valence-electron chi connectivity index (χ0n) is 16.3. The van der Waals surface area contributed by atoms with Gasteiger partial charge in [-0.15, -0.1) is 0 Å². The summed E-state index contributed by atoms with van der Waals surface area (Å²) in [6.45, 7) is 3.89. The van der Waals surface area contributed by atoms with Crippen LogP contribution in [0.25, 0.3) is 0 Å².